The van der Waals surface area contributed by atoms with Gasteiger partial charge in [-0.15, -0.1) is 0 Å². The third kappa shape index (κ3) is 3.36. The van der Waals surface area contributed by atoms with Gasteiger partial charge in [-0.25, -0.2) is 4.79 Å². The summed E-state index contributed by atoms with van der Waals surface area (Å²) in [5, 5.41) is 21.1. The molecule has 0 atom stereocenters. The van der Waals surface area contributed by atoms with E-state index in [-0.39, 0.29) is 23.8 Å². The molecule has 1 amide bonds. The average molecular weight is 286 g/mol. The lowest BCUT2D eigenvalue weighted by atomic mass is 10.1. The number of carboxylic acids is 1. The Morgan fingerprint density at radius 1 is 1.29 bits per heavy atom. The molecule has 0 bridgehead atoms. The lowest BCUT2D eigenvalue weighted by Gasteiger charge is -2.08. The Bertz CT molecular complexity index is 698. The maximum Gasteiger partial charge on any atom is 0.335 e. The summed E-state index contributed by atoms with van der Waals surface area (Å²) in [5.74, 6) is -1.35. The first-order chi connectivity index (χ1) is 9.99. The summed E-state index contributed by atoms with van der Waals surface area (Å²) in [4.78, 5) is 26.9. The zero-order chi connectivity index (χ0) is 15.4. The van der Waals surface area contributed by atoms with Gasteiger partial charge in [0.25, 0.3) is 5.91 Å². The minimum Gasteiger partial charge on any atom is -0.508 e. The lowest BCUT2D eigenvalue weighted by molar-refractivity contribution is 0.0696. The molecule has 0 aliphatic rings. The van der Waals surface area contributed by atoms with E-state index in [4.69, 9.17) is 5.11 Å². The number of nitrogens with zero attached hydrogens (tertiary/aromatic N) is 1. The van der Waals surface area contributed by atoms with E-state index in [2.05, 4.69) is 10.3 Å². The van der Waals surface area contributed by atoms with Crippen LogP contribution in [0.15, 0.2) is 36.5 Å². The fraction of sp³-hybridized carbons (Fsp3) is 0.133. The molecule has 0 fully saturated rings. The van der Waals surface area contributed by atoms with Gasteiger partial charge >= 0.3 is 5.97 Å². The van der Waals surface area contributed by atoms with E-state index in [0.29, 0.717) is 16.8 Å². The van der Waals surface area contributed by atoms with Crippen LogP contribution < -0.4 is 5.32 Å². The Morgan fingerprint density at radius 3 is 2.76 bits per heavy atom. The number of nitrogens with one attached hydrogen (secondary N) is 1. The van der Waals surface area contributed by atoms with Gasteiger partial charge in [-0.3, -0.25) is 9.78 Å². The standard InChI is InChI=1S/C15H14N2O4/c1-9-12(3-2-4-13(9)18)14(19)17-8-11-7-10(15(20)21)5-6-16-11/h2-7,18H,8H2,1H3,(H,17,19)(H,20,21). The molecule has 0 radical (unpaired) electrons. The SMILES string of the molecule is Cc1c(O)cccc1C(=O)NCc1cc(C(=O)O)ccn1. The predicted octanol–water partition coefficient (Wildman–Crippen LogP) is 1.72. The van der Waals surface area contributed by atoms with Crippen molar-refractivity contribution < 1.29 is 19.8 Å². The number of aromatic carboxylic acids is 1. The summed E-state index contributed by atoms with van der Waals surface area (Å²) in [6, 6.07) is 7.47. The van der Waals surface area contributed by atoms with Crippen LogP contribution in [0.3, 0.4) is 0 Å². The van der Waals surface area contributed by atoms with E-state index in [1.165, 1.54) is 24.4 Å². The van der Waals surface area contributed by atoms with Crippen LogP contribution in [-0.4, -0.2) is 27.1 Å². The van der Waals surface area contributed by atoms with Gasteiger partial charge < -0.3 is 15.5 Å². The molecule has 3 N–H and O–H groups in total. The Hall–Kier alpha value is -2.89. The zero-order valence-electron chi connectivity index (χ0n) is 11.3. The molecule has 6 heteroatoms. The molecule has 21 heavy (non-hydrogen) atoms. The normalized spacial score (nSPS) is 10.1. The molecule has 1 aromatic carbocycles. The van der Waals surface area contributed by atoms with Gasteiger partial charge in [-0.2, -0.15) is 0 Å². The van der Waals surface area contributed by atoms with Crippen LogP contribution in [0.2, 0.25) is 0 Å². The van der Waals surface area contributed by atoms with Crippen molar-refractivity contribution in [3.05, 3.63) is 58.9 Å². The summed E-state index contributed by atoms with van der Waals surface area (Å²) >= 11 is 0. The Balaban J connectivity index is 2.09. The number of carboxylic acid groups (broad SMARTS) is 1. The third-order valence-corrected chi connectivity index (χ3v) is 3.04. The minimum absolute atomic E-state index is 0.0497. The smallest absolute Gasteiger partial charge is 0.335 e. The third-order valence-electron chi connectivity index (χ3n) is 3.04. The van der Waals surface area contributed by atoms with Crippen LogP contribution in [0.5, 0.6) is 5.75 Å². The van der Waals surface area contributed by atoms with Crippen LogP contribution in [0, 0.1) is 6.92 Å². The topological polar surface area (TPSA) is 99.5 Å². The fourth-order valence-electron chi connectivity index (χ4n) is 1.84. The van der Waals surface area contributed by atoms with Crippen LogP contribution in [0.1, 0.15) is 32.0 Å². The van der Waals surface area contributed by atoms with E-state index in [1.807, 2.05) is 0 Å². The molecular formula is C15H14N2O4. The molecule has 6 nitrogen and oxygen atoms in total. The van der Waals surface area contributed by atoms with Crippen molar-refractivity contribution in [1.82, 2.24) is 10.3 Å². The second kappa shape index (κ2) is 6.04. The number of hydrogen-bond donors (Lipinski definition) is 3. The quantitative estimate of drug-likeness (QED) is 0.794. The molecule has 1 aromatic heterocycles. The Morgan fingerprint density at radius 2 is 2.05 bits per heavy atom. The van der Waals surface area contributed by atoms with Crippen molar-refractivity contribution in [1.29, 1.82) is 0 Å². The van der Waals surface area contributed by atoms with Crippen molar-refractivity contribution in [2.45, 2.75) is 13.5 Å². The van der Waals surface area contributed by atoms with Crippen LogP contribution in [-0.2, 0) is 6.54 Å². The van der Waals surface area contributed by atoms with Crippen molar-refractivity contribution in [3.8, 4) is 5.75 Å². The van der Waals surface area contributed by atoms with Gasteiger partial charge in [0.05, 0.1) is 17.8 Å². The van der Waals surface area contributed by atoms with E-state index in [9.17, 15) is 14.7 Å². The molecule has 0 saturated heterocycles. The second-order valence-corrected chi connectivity index (χ2v) is 4.47. The van der Waals surface area contributed by atoms with E-state index >= 15 is 0 Å². The number of hydrogen-bond acceptors (Lipinski definition) is 4. The molecule has 0 aliphatic carbocycles. The number of phenols is 1. The Labute approximate surface area is 121 Å². The molecule has 108 valence electrons. The first kappa shape index (κ1) is 14.5. The number of carbonyl (C=O) groups excluding carboxylic acids is 1. The van der Waals surface area contributed by atoms with Crippen LogP contribution in [0.25, 0.3) is 0 Å². The summed E-state index contributed by atoms with van der Waals surface area (Å²) in [5.41, 5.74) is 1.41. The number of phenolic OH excluding ortho intramolecular Hbond substituents is 1. The highest BCUT2D eigenvalue weighted by Crippen LogP contribution is 2.19. The van der Waals surface area contributed by atoms with Gasteiger partial charge in [0.1, 0.15) is 5.75 Å². The summed E-state index contributed by atoms with van der Waals surface area (Å²) in [7, 11) is 0. The van der Waals surface area contributed by atoms with E-state index < -0.39 is 5.97 Å². The molecule has 1 heterocycles. The van der Waals surface area contributed by atoms with Gasteiger partial charge in [-0.05, 0) is 31.2 Å². The monoisotopic (exact) mass is 286 g/mol. The van der Waals surface area contributed by atoms with Gasteiger partial charge in [0.15, 0.2) is 0 Å². The van der Waals surface area contributed by atoms with Crippen molar-refractivity contribution in [2.24, 2.45) is 0 Å². The molecule has 0 spiro atoms. The first-order valence-electron chi connectivity index (χ1n) is 6.24. The van der Waals surface area contributed by atoms with Gasteiger partial charge in [-0.1, -0.05) is 6.07 Å². The average Bonchev–Trinajstić information content (AvgIpc) is 2.48. The Kier molecular flexibility index (Phi) is 4.18. The van der Waals surface area contributed by atoms with Crippen molar-refractivity contribution >= 4 is 11.9 Å². The summed E-state index contributed by atoms with van der Waals surface area (Å²) < 4.78 is 0. The molecule has 0 saturated carbocycles. The highest BCUT2D eigenvalue weighted by atomic mass is 16.4. The number of aromatic nitrogens is 1. The largest absolute Gasteiger partial charge is 0.508 e. The first-order valence-corrected chi connectivity index (χ1v) is 6.24. The molecular weight excluding hydrogens is 272 g/mol. The fourth-order valence-corrected chi connectivity index (χ4v) is 1.84. The number of amides is 1. The molecule has 2 aromatic rings. The highest BCUT2D eigenvalue weighted by Gasteiger charge is 2.11. The molecule has 0 aliphatic heterocycles. The molecule has 0 unspecified atom stereocenters. The minimum atomic E-state index is -1.05. The number of carbonyl (C=O) groups is 2. The van der Waals surface area contributed by atoms with Crippen LogP contribution in [0.4, 0.5) is 0 Å². The number of pyridine rings is 1. The van der Waals surface area contributed by atoms with Crippen LogP contribution >= 0.6 is 0 Å². The van der Waals surface area contributed by atoms with Crippen molar-refractivity contribution in [2.75, 3.05) is 0 Å². The number of rotatable bonds is 4. The number of aromatic hydroxyl groups is 1. The maximum absolute atomic E-state index is 12.0. The molecule has 2 rings (SSSR count). The highest BCUT2D eigenvalue weighted by molar-refractivity contribution is 5.96. The second-order valence-electron chi connectivity index (χ2n) is 4.47. The predicted molar refractivity (Wildman–Crippen MR) is 75.2 cm³/mol. The maximum atomic E-state index is 12.0. The van der Waals surface area contributed by atoms with Crippen molar-refractivity contribution in [3.63, 3.8) is 0 Å². The van der Waals surface area contributed by atoms with Gasteiger partial charge in [0, 0.05) is 17.3 Å². The zero-order valence-corrected chi connectivity index (χ0v) is 11.3. The lowest BCUT2D eigenvalue weighted by Crippen LogP contribution is -2.24. The van der Waals surface area contributed by atoms with E-state index in [1.54, 1.807) is 19.1 Å². The van der Waals surface area contributed by atoms with E-state index in [0.717, 1.165) is 0 Å². The summed E-state index contributed by atoms with van der Waals surface area (Å²) in [6.07, 6.45) is 1.38. The summed E-state index contributed by atoms with van der Waals surface area (Å²) in [6.45, 7) is 1.75. The van der Waals surface area contributed by atoms with Gasteiger partial charge in [0.2, 0.25) is 0 Å². The number of benzene rings is 1.